The quantitative estimate of drug-likeness (QED) is 0.464. The zero-order valence-corrected chi connectivity index (χ0v) is 18.6. The number of nitrogens with two attached hydrogens (primary N) is 1. The zero-order chi connectivity index (χ0) is 21.6. The molecule has 1 fully saturated rings. The summed E-state index contributed by atoms with van der Waals surface area (Å²) in [4.78, 5) is 28.9. The van der Waals surface area contributed by atoms with Crippen molar-refractivity contribution in [1.82, 2.24) is 10.6 Å². The molecule has 2 atom stereocenters. The molecule has 1 heterocycles. The minimum absolute atomic E-state index is 0.0366. The van der Waals surface area contributed by atoms with E-state index in [1.165, 1.54) is 38.5 Å². The molecule has 0 radical (unpaired) electrons. The van der Waals surface area contributed by atoms with Crippen LogP contribution in [0, 0.1) is 17.8 Å². The van der Waals surface area contributed by atoms with E-state index in [0.717, 1.165) is 24.7 Å². The second-order valence-corrected chi connectivity index (χ2v) is 8.52. The van der Waals surface area contributed by atoms with Crippen molar-refractivity contribution in [3.05, 3.63) is 0 Å². The minimum atomic E-state index is -0.487. The molecule has 5 N–H and O–H groups in total. The molecular formula is C22H42N4O3. The molecule has 0 aromatic carbocycles. The first-order valence-electron chi connectivity index (χ1n) is 11.3. The molecule has 2 unspecified atom stereocenters. The topological polar surface area (TPSA) is 117 Å². The highest BCUT2D eigenvalue weighted by atomic mass is 16.2. The van der Waals surface area contributed by atoms with Gasteiger partial charge >= 0.3 is 0 Å². The fraction of sp³-hybridized carbons (Fsp3) is 0.864. The Bertz CT molecular complexity index is 516. The molecule has 1 aliphatic carbocycles. The van der Waals surface area contributed by atoms with Gasteiger partial charge in [-0.15, -0.1) is 0 Å². The van der Waals surface area contributed by atoms with E-state index in [1.54, 1.807) is 6.92 Å². The van der Waals surface area contributed by atoms with E-state index in [9.17, 15) is 9.59 Å². The standard InChI is InChI=1S/C20H36N4O2.C2H6O/c1-14(2)20(26)17(8-9-21)24-19(25)13-23-18-11-16(12-22-18)10-15-6-4-3-5-7-15;1-2-3/h14-17H,3-13,21H2,1-2H3,(H,22,23)(H,24,25);3H,2H2,1H3. The lowest BCUT2D eigenvalue weighted by molar-refractivity contribution is -0.129. The van der Waals surface area contributed by atoms with Gasteiger partial charge in [0.05, 0.1) is 18.4 Å². The summed E-state index contributed by atoms with van der Waals surface area (Å²) in [7, 11) is 0. The number of aliphatic hydroxyl groups is 1. The Labute approximate surface area is 176 Å². The Morgan fingerprint density at radius 2 is 1.86 bits per heavy atom. The van der Waals surface area contributed by atoms with Crippen LogP contribution < -0.4 is 16.4 Å². The van der Waals surface area contributed by atoms with Crippen molar-refractivity contribution < 1.29 is 14.7 Å². The van der Waals surface area contributed by atoms with Gasteiger partial charge in [-0.25, -0.2) is 0 Å². The highest BCUT2D eigenvalue weighted by molar-refractivity contribution is 5.92. The van der Waals surface area contributed by atoms with Gasteiger partial charge in [0.25, 0.3) is 0 Å². The number of aliphatic imine (C=N–C) groups is 1. The monoisotopic (exact) mass is 410 g/mol. The smallest absolute Gasteiger partial charge is 0.239 e. The molecule has 1 saturated carbocycles. The Hall–Kier alpha value is -1.47. The molecule has 2 aliphatic rings. The number of carbonyl (C=O) groups is 2. The van der Waals surface area contributed by atoms with Crippen LogP contribution in [0.5, 0.6) is 0 Å². The maximum atomic E-state index is 12.2. The first-order valence-corrected chi connectivity index (χ1v) is 11.3. The first kappa shape index (κ1) is 25.6. The number of amidine groups is 1. The highest BCUT2D eigenvalue weighted by Crippen LogP contribution is 2.31. The number of rotatable bonds is 9. The fourth-order valence-corrected chi connectivity index (χ4v) is 4.10. The van der Waals surface area contributed by atoms with E-state index in [-0.39, 0.29) is 30.8 Å². The first-order chi connectivity index (χ1) is 13.9. The van der Waals surface area contributed by atoms with E-state index in [4.69, 9.17) is 10.8 Å². The van der Waals surface area contributed by atoms with Crippen molar-refractivity contribution in [3.63, 3.8) is 0 Å². The third-order valence-electron chi connectivity index (χ3n) is 5.57. The Morgan fingerprint density at radius 1 is 1.21 bits per heavy atom. The van der Waals surface area contributed by atoms with Crippen LogP contribution >= 0.6 is 0 Å². The van der Waals surface area contributed by atoms with E-state index in [2.05, 4.69) is 15.6 Å². The lowest BCUT2D eigenvalue weighted by Gasteiger charge is -2.24. The van der Waals surface area contributed by atoms with Gasteiger partial charge in [-0.1, -0.05) is 46.0 Å². The summed E-state index contributed by atoms with van der Waals surface area (Å²) in [6.07, 6.45) is 9.58. The molecule has 0 saturated heterocycles. The van der Waals surface area contributed by atoms with Gasteiger partial charge in [-0.3, -0.25) is 14.6 Å². The number of nitrogens with one attached hydrogen (secondary N) is 2. The van der Waals surface area contributed by atoms with Crippen LogP contribution in [-0.4, -0.2) is 54.9 Å². The molecule has 29 heavy (non-hydrogen) atoms. The molecule has 1 aliphatic heterocycles. The predicted octanol–water partition coefficient (Wildman–Crippen LogP) is 2.02. The molecule has 2 rings (SSSR count). The molecule has 0 aromatic heterocycles. The Balaban J connectivity index is 0.00000132. The lowest BCUT2D eigenvalue weighted by Crippen LogP contribution is -2.47. The van der Waals surface area contributed by atoms with Crippen LogP contribution in [0.2, 0.25) is 0 Å². The van der Waals surface area contributed by atoms with Gasteiger partial charge in [0, 0.05) is 25.5 Å². The molecule has 7 nitrogen and oxygen atoms in total. The predicted molar refractivity (Wildman–Crippen MR) is 118 cm³/mol. The molecule has 7 heteroatoms. The number of nitrogens with zero attached hydrogens (tertiary/aromatic N) is 1. The summed E-state index contributed by atoms with van der Waals surface area (Å²) in [6.45, 7) is 7.04. The van der Waals surface area contributed by atoms with Crippen molar-refractivity contribution in [2.45, 2.75) is 78.2 Å². The van der Waals surface area contributed by atoms with Gasteiger partial charge in [0.2, 0.25) is 5.91 Å². The van der Waals surface area contributed by atoms with Crippen molar-refractivity contribution in [2.24, 2.45) is 28.5 Å². The summed E-state index contributed by atoms with van der Waals surface area (Å²) in [5, 5.41) is 13.5. The molecule has 0 spiro atoms. The second kappa shape index (κ2) is 14.5. The van der Waals surface area contributed by atoms with Crippen molar-refractivity contribution in [2.75, 3.05) is 26.2 Å². The molecular weight excluding hydrogens is 368 g/mol. The normalized spacial score (nSPS) is 20.5. The number of hydrogen-bond acceptors (Lipinski definition) is 6. The number of ketones is 1. The third kappa shape index (κ3) is 10.2. The van der Waals surface area contributed by atoms with Gasteiger partial charge in [0.15, 0.2) is 5.78 Å². The van der Waals surface area contributed by atoms with Crippen molar-refractivity contribution >= 4 is 17.5 Å². The summed E-state index contributed by atoms with van der Waals surface area (Å²) in [5.41, 5.74) is 5.57. The largest absolute Gasteiger partial charge is 0.397 e. The molecule has 1 amide bonds. The van der Waals surface area contributed by atoms with Gasteiger partial charge in [0.1, 0.15) is 0 Å². The van der Waals surface area contributed by atoms with Crippen LogP contribution in [0.1, 0.15) is 72.1 Å². The fourth-order valence-electron chi connectivity index (χ4n) is 4.10. The van der Waals surface area contributed by atoms with Gasteiger partial charge in [-0.2, -0.15) is 0 Å². The average molecular weight is 411 g/mol. The number of amides is 1. The number of carbonyl (C=O) groups excluding carboxylic acids is 2. The Kier molecular flexibility index (Phi) is 12.8. The SMILES string of the molecule is CC(C)C(=O)C(CCN)NC(=O)CNC1=NCC(CC2CCCCC2)C1.CCO. The average Bonchev–Trinajstić information content (AvgIpc) is 3.14. The van der Waals surface area contributed by atoms with Gasteiger partial charge < -0.3 is 21.5 Å². The van der Waals surface area contributed by atoms with Crippen LogP contribution in [0.3, 0.4) is 0 Å². The van der Waals surface area contributed by atoms with Crippen LogP contribution in [-0.2, 0) is 9.59 Å². The van der Waals surface area contributed by atoms with Gasteiger partial charge in [-0.05, 0) is 38.1 Å². The summed E-state index contributed by atoms with van der Waals surface area (Å²) in [5.74, 6) is 2.18. The van der Waals surface area contributed by atoms with Crippen molar-refractivity contribution in [3.8, 4) is 0 Å². The van der Waals surface area contributed by atoms with E-state index in [1.807, 2.05) is 13.8 Å². The number of Topliss-reactive ketones (excluding diaryl/α,β-unsaturated/α-hetero) is 1. The van der Waals surface area contributed by atoms with Crippen LogP contribution in [0.4, 0.5) is 0 Å². The molecule has 0 aromatic rings. The maximum absolute atomic E-state index is 12.2. The second-order valence-electron chi connectivity index (χ2n) is 8.52. The Morgan fingerprint density at radius 3 is 2.45 bits per heavy atom. The minimum Gasteiger partial charge on any atom is -0.397 e. The summed E-state index contributed by atoms with van der Waals surface area (Å²) in [6, 6.07) is -0.487. The van der Waals surface area contributed by atoms with E-state index >= 15 is 0 Å². The summed E-state index contributed by atoms with van der Waals surface area (Å²) >= 11 is 0. The van der Waals surface area contributed by atoms with Crippen molar-refractivity contribution in [1.29, 1.82) is 0 Å². The molecule has 0 bridgehead atoms. The lowest BCUT2D eigenvalue weighted by atomic mass is 9.82. The number of hydrogen-bond donors (Lipinski definition) is 4. The molecule has 168 valence electrons. The third-order valence-corrected chi connectivity index (χ3v) is 5.57. The highest BCUT2D eigenvalue weighted by Gasteiger charge is 2.25. The number of aliphatic hydroxyl groups excluding tert-OH is 1. The zero-order valence-electron chi connectivity index (χ0n) is 18.6. The van der Waals surface area contributed by atoms with Crippen LogP contribution in [0.15, 0.2) is 4.99 Å². The maximum Gasteiger partial charge on any atom is 0.239 e. The van der Waals surface area contributed by atoms with E-state index in [0.29, 0.717) is 18.9 Å². The van der Waals surface area contributed by atoms with Crippen LogP contribution in [0.25, 0.3) is 0 Å². The summed E-state index contributed by atoms with van der Waals surface area (Å²) < 4.78 is 0. The van der Waals surface area contributed by atoms with E-state index < -0.39 is 6.04 Å².